The van der Waals surface area contributed by atoms with Crippen molar-refractivity contribution in [3.8, 4) is 0 Å². The molecule has 1 rings (SSSR count). The summed E-state index contributed by atoms with van der Waals surface area (Å²) in [5.74, 6) is -0.343. The van der Waals surface area contributed by atoms with E-state index in [1.807, 2.05) is 0 Å². The molecule has 5 atom stereocenters. The number of esters is 1. The summed E-state index contributed by atoms with van der Waals surface area (Å²) in [6.07, 6.45) is 13.3. The van der Waals surface area contributed by atoms with Crippen molar-refractivity contribution in [3.63, 3.8) is 0 Å². The van der Waals surface area contributed by atoms with Crippen LogP contribution in [0.4, 0.5) is 0 Å². The molecule has 7 nitrogen and oxygen atoms in total. The molecule has 0 unspecified atom stereocenters. The summed E-state index contributed by atoms with van der Waals surface area (Å²) in [6, 6.07) is 0. The third-order valence-corrected chi connectivity index (χ3v) is 6.29. The van der Waals surface area contributed by atoms with Crippen LogP contribution in [0.2, 0.25) is 0 Å². The van der Waals surface area contributed by atoms with Gasteiger partial charge in [0.05, 0.1) is 0 Å². The first-order valence-corrected chi connectivity index (χ1v) is 12.9. The summed E-state index contributed by atoms with van der Waals surface area (Å²) in [4.78, 5) is 11.9. The second kappa shape index (κ2) is 18.7. The Morgan fingerprint density at radius 1 is 0.719 bits per heavy atom. The third-order valence-electron chi connectivity index (χ3n) is 6.29. The van der Waals surface area contributed by atoms with Crippen LogP contribution in [-0.4, -0.2) is 65.7 Å². The quantitative estimate of drug-likeness (QED) is 0.195. The fourth-order valence-electron chi connectivity index (χ4n) is 4.14. The molecule has 0 spiro atoms. The van der Waals surface area contributed by atoms with Crippen molar-refractivity contribution in [1.29, 1.82) is 0 Å². The average Bonchev–Trinajstić information content (AvgIpc) is 2.79. The molecule has 1 fully saturated rings. The number of ether oxygens (including phenoxy) is 3. The normalized spacial score (nSPS) is 25.7. The molecule has 1 aliphatic rings. The SMILES string of the molecule is CCCCCCCCCCCCCCCCCC(=O)OC[C@H]1O[C@H](OC)[C@@H](O)[C@@H](O)[C@@H]1O. The Morgan fingerprint density at radius 2 is 1.19 bits per heavy atom. The molecule has 0 amide bonds. The maximum absolute atomic E-state index is 11.9. The van der Waals surface area contributed by atoms with E-state index in [1.165, 1.54) is 84.2 Å². The number of methoxy groups -OCH3 is 1. The predicted molar refractivity (Wildman–Crippen MR) is 124 cm³/mol. The maximum atomic E-state index is 11.9. The summed E-state index contributed by atoms with van der Waals surface area (Å²) in [6.45, 7) is 2.08. The van der Waals surface area contributed by atoms with E-state index >= 15 is 0 Å². The predicted octanol–water partition coefficient (Wildman–Crippen LogP) is 4.25. The standard InChI is InChI=1S/C25H48O7/c1-3-4-5-6-7-8-9-10-11-12-13-14-15-16-17-18-21(26)31-19-20-22(27)23(28)24(29)25(30-2)32-20/h20,22-25,27-29H,3-19H2,1-2H3/t20-,22-,23+,24+,25+/m1/s1. The van der Waals surface area contributed by atoms with Gasteiger partial charge in [-0.2, -0.15) is 0 Å². The van der Waals surface area contributed by atoms with Gasteiger partial charge in [-0.05, 0) is 6.42 Å². The zero-order valence-corrected chi connectivity index (χ0v) is 20.4. The van der Waals surface area contributed by atoms with Gasteiger partial charge in [-0.25, -0.2) is 0 Å². The second-order valence-electron chi connectivity index (χ2n) is 9.13. The monoisotopic (exact) mass is 460 g/mol. The largest absolute Gasteiger partial charge is 0.463 e. The minimum absolute atomic E-state index is 0.178. The van der Waals surface area contributed by atoms with Crippen LogP contribution in [0.25, 0.3) is 0 Å². The Kier molecular flexibility index (Phi) is 17.1. The van der Waals surface area contributed by atoms with Crippen LogP contribution in [0.3, 0.4) is 0 Å². The van der Waals surface area contributed by atoms with E-state index in [1.54, 1.807) is 0 Å². The Hall–Kier alpha value is -0.730. The Labute approximate surface area is 194 Å². The number of aliphatic hydroxyl groups is 3. The van der Waals surface area contributed by atoms with Crippen molar-refractivity contribution in [2.75, 3.05) is 13.7 Å². The third kappa shape index (κ3) is 12.5. The highest BCUT2D eigenvalue weighted by Gasteiger charge is 2.44. The molecular weight excluding hydrogens is 412 g/mol. The minimum atomic E-state index is -1.41. The average molecular weight is 461 g/mol. The lowest BCUT2D eigenvalue weighted by atomic mass is 9.99. The zero-order chi connectivity index (χ0) is 23.6. The van der Waals surface area contributed by atoms with Gasteiger partial charge in [0.1, 0.15) is 31.0 Å². The molecule has 1 aliphatic heterocycles. The number of aliphatic hydroxyl groups excluding tert-OH is 3. The fourth-order valence-corrected chi connectivity index (χ4v) is 4.14. The van der Waals surface area contributed by atoms with Crippen LogP contribution in [0, 0.1) is 0 Å². The number of hydrogen-bond acceptors (Lipinski definition) is 7. The summed E-state index contributed by atoms with van der Waals surface area (Å²) in [5.41, 5.74) is 0. The number of hydrogen-bond donors (Lipinski definition) is 3. The lowest BCUT2D eigenvalue weighted by Crippen LogP contribution is -2.59. The first-order chi connectivity index (χ1) is 15.5. The molecule has 190 valence electrons. The van der Waals surface area contributed by atoms with Crippen LogP contribution in [0.5, 0.6) is 0 Å². The molecule has 0 aliphatic carbocycles. The lowest BCUT2D eigenvalue weighted by molar-refractivity contribution is -0.295. The van der Waals surface area contributed by atoms with Crippen LogP contribution >= 0.6 is 0 Å². The van der Waals surface area contributed by atoms with E-state index < -0.39 is 30.7 Å². The molecular formula is C25H48O7. The van der Waals surface area contributed by atoms with Crippen molar-refractivity contribution in [1.82, 2.24) is 0 Å². The molecule has 7 heteroatoms. The number of carbonyl (C=O) groups excluding carboxylic acids is 1. The van der Waals surface area contributed by atoms with Gasteiger partial charge in [0.15, 0.2) is 6.29 Å². The second-order valence-corrected chi connectivity index (χ2v) is 9.13. The summed E-state index contributed by atoms with van der Waals surface area (Å²) in [5, 5.41) is 29.5. The number of carbonyl (C=O) groups is 1. The number of unbranched alkanes of at least 4 members (excludes halogenated alkanes) is 14. The first kappa shape index (κ1) is 29.3. The van der Waals surface area contributed by atoms with Gasteiger partial charge >= 0.3 is 5.97 Å². The van der Waals surface area contributed by atoms with Gasteiger partial charge in [0.25, 0.3) is 0 Å². The van der Waals surface area contributed by atoms with Crippen molar-refractivity contribution in [2.45, 2.75) is 140 Å². The van der Waals surface area contributed by atoms with Crippen molar-refractivity contribution >= 4 is 5.97 Å². The Morgan fingerprint density at radius 3 is 1.66 bits per heavy atom. The van der Waals surface area contributed by atoms with Crippen molar-refractivity contribution in [2.24, 2.45) is 0 Å². The van der Waals surface area contributed by atoms with Crippen LogP contribution in [0.15, 0.2) is 0 Å². The van der Waals surface area contributed by atoms with E-state index in [9.17, 15) is 20.1 Å². The van der Waals surface area contributed by atoms with Crippen LogP contribution in [-0.2, 0) is 19.0 Å². The van der Waals surface area contributed by atoms with E-state index in [4.69, 9.17) is 14.2 Å². The summed E-state index contributed by atoms with van der Waals surface area (Å²) in [7, 11) is 1.33. The fraction of sp³-hybridized carbons (Fsp3) is 0.960. The van der Waals surface area contributed by atoms with Gasteiger partial charge in [-0.3, -0.25) is 4.79 Å². The van der Waals surface area contributed by atoms with E-state index in [0.29, 0.717) is 6.42 Å². The Balaban J connectivity index is 1.92. The van der Waals surface area contributed by atoms with Gasteiger partial charge in [0, 0.05) is 13.5 Å². The molecule has 0 radical (unpaired) electrons. The van der Waals surface area contributed by atoms with Crippen LogP contribution in [0.1, 0.15) is 110 Å². The highest BCUT2D eigenvalue weighted by atomic mass is 16.7. The van der Waals surface area contributed by atoms with E-state index in [-0.39, 0.29) is 12.6 Å². The van der Waals surface area contributed by atoms with Gasteiger partial charge in [-0.1, -0.05) is 96.8 Å². The van der Waals surface area contributed by atoms with Crippen molar-refractivity contribution in [3.05, 3.63) is 0 Å². The molecule has 32 heavy (non-hydrogen) atoms. The molecule has 0 bridgehead atoms. The summed E-state index contributed by atoms with van der Waals surface area (Å²) < 4.78 is 15.5. The molecule has 3 N–H and O–H groups in total. The molecule has 1 heterocycles. The molecule has 0 saturated carbocycles. The highest BCUT2D eigenvalue weighted by molar-refractivity contribution is 5.69. The van der Waals surface area contributed by atoms with Gasteiger partial charge in [0.2, 0.25) is 0 Å². The summed E-state index contributed by atoms with van der Waals surface area (Å²) >= 11 is 0. The Bertz CT molecular complexity index is 458. The molecule has 0 aromatic rings. The smallest absolute Gasteiger partial charge is 0.305 e. The maximum Gasteiger partial charge on any atom is 0.305 e. The van der Waals surface area contributed by atoms with Crippen molar-refractivity contribution < 1.29 is 34.3 Å². The van der Waals surface area contributed by atoms with E-state index in [0.717, 1.165) is 19.3 Å². The molecule has 0 aromatic carbocycles. The first-order valence-electron chi connectivity index (χ1n) is 12.9. The topological polar surface area (TPSA) is 105 Å². The lowest BCUT2D eigenvalue weighted by Gasteiger charge is -2.39. The number of rotatable bonds is 19. The van der Waals surface area contributed by atoms with Gasteiger partial charge < -0.3 is 29.5 Å². The van der Waals surface area contributed by atoms with E-state index in [2.05, 4.69) is 6.92 Å². The molecule has 0 aromatic heterocycles. The minimum Gasteiger partial charge on any atom is -0.463 e. The van der Waals surface area contributed by atoms with Crippen LogP contribution < -0.4 is 0 Å². The molecule has 1 saturated heterocycles. The zero-order valence-electron chi connectivity index (χ0n) is 20.4. The highest BCUT2D eigenvalue weighted by Crippen LogP contribution is 2.22. The van der Waals surface area contributed by atoms with Gasteiger partial charge in [-0.15, -0.1) is 0 Å².